The number of aryl methyl sites for hydroxylation is 1. The summed E-state index contributed by atoms with van der Waals surface area (Å²) in [5, 5.41) is 6.72. The van der Waals surface area contributed by atoms with E-state index in [2.05, 4.69) is 10.2 Å². The number of furan rings is 1. The summed E-state index contributed by atoms with van der Waals surface area (Å²) in [6.45, 7) is 1.89. The number of hydrogen-bond acceptors (Lipinski definition) is 3. The second kappa shape index (κ2) is 1.53. The van der Waals surface area contributed by atoms with Gasteiger partial charge in [0.1, 0.15) is 5.52 Å². The molecule has 0 bridgehead atoms. The van der Waals surface area contributed by atoms with Crippen LogP contribution in [0.15, 0.2) is 10.5 Å². The fraction of sp³-hybridized carbons (Fsp3) is 0.167. The van der Waals surface area contributed by atoms with Crippen LogP contribution in [0.5, 0.6) is 0 Å². The quantitative estimate of drug-likeness (QED) is 0.570. The third kappa shape index (κ3) is 0.528. The van der Waals surface area contributed by atoms with Crippen molar-refractivity contribution in [3.05, 3.63) is 11.8 Å². The van der Waals surface area contributed by atoms with Gasteiger partial charge in [-0.25, -0.2) is 0 Å². The predicted molar refractivity (Wildman–Crippen MR) is 37.5 cm³/mol. The van der Waals surface area contributed by atoms with Crippen molar-refractivity contribution in [3.8, 4) is 0 Å². The van der Waals surface area contributed by atoms with Crippen molar-refractivity contribution < 1.29 is 4.42 Å². The minimum Gasteiger partial charge on any atom is -0.437 e. The van der Waals surface area contributed by atoms with Crippen LogP contribution in [0, 0.1) is 6.92 Å². The summed E-state index contributed by atoms with van der Waals surface area (Å²) >= 11 is 0. The highest BCUT2D eigenvalue weighted by molar-refractivity contribution is 5.78. The van der Waals surface area contributed by atoms with E-state index in [4.69, 9.17) is 10.2 Å². The molecule has 0 aromatic carbocycles. The highest BCUT2D eigenvalue weighted by Gasteiger charge is 2.05. The number of nitrogens with two attached hydrogens (primary N) is 1. The van der Waals surface area contributed by atoms with Gasteiger partial charge in [0.15, 0.2) is 11.5 Å². The number of aromatic nitrogens is 2. The zero-order chi connectivity index (χ0) is 7.14. The largest absolute Gasteiger partial charge is 0.437 e. The lowest BCUT2D eigenvalue weighted by molar-refractivity contribution is 0.633. The Labute approximate surface area is 57.0 Å². The Morgan fingerprint density at radius 1 is 1.70 bits per heavy atom. The lowest BCUT2D eigenvalue weighted by Crippen LogP contribution is -1.77. The van der Waals surface area contributed by atoms with Crippen LogP contribution < -0.4 is 5.73 Å². The Morgan fingerprint density at radius 3 is 3.20 bits per heavy atom. The molecule has 0 saturated carbocycles. The number of nitrogens with zero attached hydrogens (tertiary/aromatic N) is 1. The molecular weight excluding hydrogens is 130 g/mol. The molecule has 0 radical (unpaired) electrons. The standard InChI is InChI=1S/C6H7N3O/c1-3-6-4(9-8-3)2-5(7)10-6/h2H,7H2,1H3,(H,8,9). The van der Waals surface area contributed by atoms with Gasteiger partial charge in [-0.1, -0.05) is 0 Å². The number of aromatic amines is 1. The molecule has 52 valence electrons. The van der Waals surface area contributed by atoms with Crippen molar-refractivity contribution in [3.63, 3.8) is 0 Å². The summed E-state index contributed by atoms with van der Waals surface area (Å²) in [7, 11) is 0. The normalized spacial score (nSPS) is 10.9. The number of rotatable bonds is 0. The molecule has 3 N–H and O–H groups in total. The van der Waals surface area contributed by atoms with E-state index in [9.17, 15) is 0 Å². The SMILES string of the molecule is Cc1[nH]nc2cc(N)oc12. The number of fused-ring (bicyclic) bond motifs is 1. The Balaban J connectivity index is 2.90. The molecule has 2 rings (SSSR count). The smallest absolute Gasteiger partial charge is 0.193 e. The van der Waals surface area contributed by atoms with Crippen molar-refractivity contribution in [1.29, 1.82) is 0 Å². The molecule has 10 heavy (non-hydrogen) atoms. The van der Waals surface area contributed by atoms with Crippen LogP contribution in [0.1, 0.15) is 5.69 Å². The van der Waals surface area contributed by atoms with E-state index >= 15 is 0 Å². The molecule has 0 aliphatic heterocycles. The van der Waals surface area contributed by atoms with Crippen LogP contribution in [-0.4, -0.2) is 10.2 Å². The van der Waals surface area contributed by atoms with Gasteiger partial charge in [0, 0.05) is 6.07 Å². The molecule has 2 heterocycles. The van der Waals surface area contributed by atoms with E-state index in [-0.39, 0.29) is 0 Å². The third-order valence-corrected chi connectivity index (χ3v) is 1.42. The first-order valence-electron chi connectivity index (χ1n) is 2.97. The van der Waals surface area contributed by atoms with E-state index < -0.39 is 0 Å². The highest BCUT2D eigenvalue weighted by Crippen LogP contribution is 2.20. The number of nitrogens with one attached hydrogen (secondary N) is 1. The Morgan fingerprint density at radius 2 is 2.50 bits per heavy atom. The Hall–Kier alpha value is -1.45. The molecule has 0 fully saturated rings. The van der Waals surface area contributed by atoms with Crippen LogP contribution in [0.25, 0.3) is 11.1 Å². The molecule has 0 saturated heterocycles. The molecule has 2 aromatic heterocycles. The number of hydrogen-bond donors (Lipinski definition) is 2. The molecule has 0 unspecified atom stereocenters. The molecule has 0 atom stereocenters. The molecule has 4 heteroatoms. The average Bonchev–Trinajstić information content (AvgIpc) is 2.35. The summed E-state index contributed by atoms with van der Waals surface area (Å²) in [6.07, 6.45) is 0. The molecule has 0 aliphatic rings. The molecule has 4 nitrogen and oxygen atoms in total. The summed E-state index contributed by atoms with van der Waals surface area (Å²) in [6, 6.07) is 1.69. The molecule has 2 aromatic rings. The summed E-state index contributed by atoms with van der Waals surface area (Å²) in [5.41, 5.74) is 7.83. The molecule has 0 aliphatic carbocycles. The minimum absolute atomic E-state index is 0.412. The zero-order valence-corrected chi connectivity index (χ0v) is 5.51. The summed E-state index contributed by atoms with van der Waals surface area (Å²) in [4.78, 5) is 0. The Kier molecular flexibility index (Phi) is 0.818. The summed E-state index contributed by atoms with van der Waals surface area (Å²) in [5.74, 6) is 0.412. The number of nitrogen functional groups attached to an aromatic ring is 1. The van der Waals surface area contributed by atoms with Crippen LogP contribution in [-0.2, 0) is 0 Å². The third-order valence-electron chi connectivity index (χ3n) is 1.42. The van der Waals surface area contributed by atoms with Crippen molar-refractivity contribution in [2.45, 2.75) is 6.92 Å². The van der Waals surface area contributed by atoms with E-state index in [0.29, 0.717) is 5.88 Å². The monoisotopic (exact) mass is 137 g/mol. The maximum absolute atomic E-state index is 5.38. The van der Waals surface area contributed by atoms with Gasteiger partial charge in [-0.15, -0.1) is 0 Å². The molecular formula is C6H7N3O. The van der Waals surface area contributed by atoms with E-state index in [1.54, 1.807) is 6.07 Å². The number of H-pyrrole nitrogens is 1. The van der Waals surface area contributed by atoms with Gasteiger partial charge in [0.25, 0.3) is 0 Å². The lowest BCUT2D eigenvalue weighted by Gasteiger charge is -1.80. The maximum Gasteiger partial charge on any atom is 0.193 e. The maximum atomic E-state index is 5.38. The van der Waals surface area contributed by atoms with Gasteiger partial charge < -0.3 is 10.2 Å². The van der Waals surface area contributed by atoms with Gasteiger partial charge in [-0.3, -0.25) is 5.10 Å². The van der Waals surface area contributed by atoms with Gasteiger partial charge in [-0.05, 0) is 6.92 Å². The van der Waals surface area contributed by atoms with Gasteiger partial charge in [0.05, 0.1) is 5.69 Å². The lowest BCUT2D eigenvalue weighted by atomic mass is 10.4. The second-order valence-corrected chi connectivity index (χ2v) is 2.21. The van der Waals surface area contributed by atoms with Gasteiger partial charge in [-0.2, -0.15) is 5.10 Å². The van der Waals surface area contributed by atoms with Crippen LogP contribution in [0.4, 0.5) is 5.88 Å². The second-order valence-electron chi connectivity index (χ2n) is 2.21. The Bertz CT molecular complexity index is 360. The van der Waals surface area contributed by atoms with Crippen molar-refractivity contribution in [1.82, 2.24) is 10.2 Å². The zero-order valence-electron chi connectivity index (χ0n) is 5.51. The van der Waals surface area contributed by atoms with Crippen LogP contribution in [0.3, 0.4) is 0 Å². The van der Waals surface area contributed by atoms with Crippen LogP contribution in [0.2, 0.25) is 0 Å². The minimum atomic E-state index is 0.412. The first kappa shape index (κ1) is 5.34. The van der Waals surface area contributed by atoms with E-state index in [1.165, 1.54) is 0 Å². The first-order chi connectivity index (χ1) is 4.77. The van der Waals surface area contributed by atoms with Crippen LogP contribution >= 0.6 is 0 Å². The van der Waals surface area contributed by atoms with Crippen molar-refractivity contribution in [2.24, 2.45) is 0 Å². The predicted octanol–water partition coefficient (Wildman–Crippen LogP) is 1.05. The fourth-order valence-corrected chi connectivity index (χ4v) is 0.946. The van der Waals surface area contributed by atoms with Gasteiger partial charge in [0.2, 0.25) is 0 Å². The highest BCUT2D eigenvalue weighted by atomic mass is 16.3. The molecule has 0 spiro atoms. The van der Waals surface area contributed by atoms with E-state index in [0.717, 1.165) is 16.8 Å². The topological polar surface area (TPSA) is 67.8 Å². The van der Waals surface area contributed by atoms with E-state index in [1.807, 2.05) is 6.92 Å². The van der Waals surface area contributed by atoms with Crippen molar-refractivity contribution in [2.75, 3.05) is 5.73 Å². The average molecular weight is 137 g/mol. The molecule has 0 amide bonds. The van der Waals surface area contributed by atoms with Gasteiger partial charge >= 0.3 is 0 Å². The van der Waals surface area contributed by atoms with Crippen molar-refractivity contribution >= 4 is 17.0 Å². The fourth-order valence-electron chi connectivity index (χ4n) is 0.946. The number of anilines is 1. The summed E-state index contributed by atoms with van der Waals surface area (Å²) < 4.78 is 5.12. The first-order valence-corrected chi connectivity index (χ1v) is 2.97.